The van der Waals surface area contributed by atoms with Crippen molar-refractivity contribution in [2.45, 2.75) is 39.8 Å². The van der Waals surface area contributed by atoms with Crippen LogP contribution in [-0.4, -0.2) is 83.5 Å². The van der Waals surface area contributed by atoms with E-state index < -0.39 is 0 Å². The van der Waals surface area contributed by atoms with Gasteiger partial charge in [0.15, 0.2) is 5.96 Å². The van der Waals surface area contributed by atoms with Crippen molar-refractivity contribution in [1.29, 1.82) is 0 Å². The van der Waals surface area contributed by atoms with Gasteiger partial charge in [-0.05, 0) is 24.5 Å². The normalized spacial score (nSPS) is 15.3. The van der Waals surface area contributed by atoms with Crippen molar-refractivity contribution >= 4 is 5.96 Å². The molecule has 0 unspecified atom stereocenters. The highest BCUT2D eigenvalue weighted by molar-refractivity contribution is 5.79. The fourth-order valence-electron chi connectivity index (χ4n) is 3.76. The third-order valence-corrected chi connectivity index (χ3v) is 5.68. The van der Waals surface area contributed by atoms with Crippen LogP contribution in [-0.2, 0) is 24.2 Å². The van der Waals surface area contributed by atoms with Crippen LogP contribution in [0.4, 0.5) is 0 Å². The van der Waals surface area contributed by atoms with E-state index in [2.05, 4.69) is 75.0 Å². The van der Waals surface area contributed by atoms with Gasteiger partial charge in [-0.15, -0.1) is 10.2 Å². The number of hydrogen-bond acceptors (Lipinski definition) is 5. The van der Waals surface area contributed by atoms with Crippen molar-refractivity contribution in [1.82, 2.24) is 29.9 Å². The minimum Gasteiger partial charge on any atom is -0.379 e. The second kappa shape index (κ2) is 12.4. The van der Waals surface area contributed by atoms with Crippen LogP contribution in [0.15, 0.2) is 35.6 Å². The largest absolute Gasteiger partial charge is 0.379 e. The van der Waals surface area contributed by atoms with Crippen LogP contribution in [0, 0.1) is 6.92 Å². The lowest BCUT2D eigenvalue weighted by molar-refractivity contribution is 0.0377. The molecule has 1 aromatic heterocycles. The number of benzene rings is 1. The summed E-state index contributed by atoms with van der Waals surface area (Å²) in [5.74, 6) is 1.95. The van der Waals surface area contributed by atoms with Crippen molar-refractivity contribution in [3.63, 3.8) is 0 Å². The number of aliphatic imine (C=N–C) groups is 1. The van der Waals surface area contributed by atoms with Gasteiger partial charge in [-0.25, -0.2) is 0 Å². The number of nitrogens with one attached hydrogen (secondary N) is 1. The van der Waals surface area contributed by atoms with E-state index in [1.165, 1.54) is 11.1 Å². The number of hydrogen-bond donors (Lipinski definition) is 1. The second-order valence-corrected chi connectivity index (χ2v) is 8.02. The first-order valence-electron chi connectivity index (χ1n) is 11.4. The van der Waals surface area contributed by atoms with E-state index in [-0.39, 0.29) is 0 Å². The molecule has 1 saturated heterocycles. The topological polar surface area (TPSA) is 70.8 Å². The Kier molecular flexibility index (Phi) is 9.30. The maximum Gasteiger partial charge on any atom is 0.194 e. The fraction of sp³-hybridized carbons (Fsp3) is 0.609. The van der Waals surface area contributed by atoms with E-state index in [1.54, 1.807) is 6.33 Å². The SMILES string of the molecule is CCc1nncn1CCNC(=NCCCN1CCOCC1)N(C)Cc1ccccc1C. The van der Waals surface area contributed by atoms with E-state index in [0.717, 1.165) is 83.7 Å². The van der Waals surface area contributed by atoms with Gasteiger partial charge in [0.05, 0.1) is 13.2 Å². The molecule has 1 fully saturated rings. The van der Waals surface area contributed by atoms with E-state index in [9.17, 15) is 0 Å². The summed E-state index contributed by atoms with van der Waals surface area (Å²) in [5, 5.41) is 11.7. The van der Waals surface area contributed by atoms with Crippen molar-refractivity contribution in [2.75, 3.05) is 53.0 Å². The number of aromatic nitrogens is 3. The van der Waals surface area contributed by atoms with Crippen molar-refractivity contribution < 1.29 is 4.74 Å². The first-order valence-corrected chi connectivity index (χ1v) is 11.4. The molecule has 1 N–H and O–H groups in total. The predicted octanol–water partition coefficient (Wildman–Crippen LogP) is 1.95. The van der Waals surface area contributed by atoms with Crippen LogP contribution < -0.4 is 5.32 Å². The maximum absolute atomic E-state index is 5.44. The highest BCUT2D eigenvalue weighted by atomic mass is 16.5. The fourth-order valence-corrected chi connectivity index (χ4v) is 3.76. The van der Waals surface area contributed by atoms with E-state index >= 15 is 0 Å². The Morgan fingerprint density at radius 2 is 2.03 bits per heavy atom. The summed E-state index contributed by atoms with van der Waals surface area (Å²) in [6, 6.07) is 8.53. The minimum atomic E-state index is 0.783. The summed E-state index contributed by atoms with van der Waals surface area (Å²) in [6.45, 7) is 12.3. The van der Waals surface area contributed by atoms with E-state index in [4.69, 9.17) is 9.73 Å². The minimum absolute atomic E-state index is 0.783. The third-order valence-electron chi connectivity index (χ3n) is 5.68. The molecule has 0 saturated carbocycles. The highest BCUT2D eigenvalue weighted by Crippen LogP contribution is 2.10. The molecule has 3 rings (SSSR count). The third kappa shape index (κ3) is 7.33. The monoisotopic (exact) mass is 427 g/mol. The molecule has 2 aromatic rings. The van der Waals surface area contributed by atoms with Crippen molar-refractivity contribution in [3.8, 4) is 0 Å². The lowest BCUT2D eigenvalue weighted by Gasteiger charge is -2.26. The first kappa shape index (κ1) is 23.2. The van der Waals surface area contributed by atoms with Crippen LogP contribution in [0.5, 0.6) is 0 Å². The van der Waals surface area contributed by atoms with Gasteiger partial charge in [-0.3, -0.25) is 9.89 Å². The molecule has 1 aromatic carbocycles. The lowest BCUT2D eigenvalue weighted by atomic mass is 10.1. The predicted molar refractivity (Wildman–Crippen MR) is 124 cm³/mol. The van der Waals surface area contributed by atoms with Gasteiger partial charge in [0.1, 0.15) is 12.2 Å². The van der Waals surface area contributed by atoms with Crippen LogP contribution in [0.3, 0.4) is 0 Å². The zero-order chi connectivity index (χ0) is 21.9. The number of nitrogens with zero attached hydrogens (tertiary/aromatic N) is 6. The highest BCUT2D eigenvalue weighted by Gasteiger charge is 2.11. The second-order valence-electron chi connectivity index (χ2n) is 8.02. The molecule has 0 atom stereocenters. The number of aryl methyl sites for hydroxylation is 2. The zero-order valence-corrected chi connectivity index (χ0v) is 19.3. The molecule has 1 aliphatic rings. The average molecular weight is 428 g/mol. The molecule has 8 nitrogen and oxygen atoms in total. The molecule has 8 heteroatoms. The number of guanidine groups is 1. The Bertz CT molecular complexity index is 814. The molecule has 0 amide bonds. The van der Waals surface area contributed by atoms with Crippen LogP contribution in [0.2, 0.25) is 0 Å². The van der Waals surface area contributed by atoms with Gasteiger partial charge in [0, 0.05) is 59.3 Å². The van der Waals surface area contributed by atoms with E-state index in [0.29, 0.717) is 0 Å². The Hall–Kier alpha value is -2.45. The smallest absolute Gasteiger partial charge is 0.194 e. The van der Waals surface area contributed by atoms with Crippen LogP contribution in [0.1, 0.15) is 30.3 Å². The summed E-state index contributed by atoms with van der Waals surface area (Å²) >= 11 is 0. The molecule has 31 heavy (non-hydrogen) atoms. The molecule has 1 aliphatic heterocycles. The molecular formula is C23H37N7O. The van der Waals surface area contributed by atoms with Crippen molar-refractivity contribution in [2.24, 2.45) is 4.99 Å². The van der Waals surface area contributed by atoms with Gasteiger partial charge in [-0.2, -0.15) is 0 Å². The summed E-state index contributed by atoms with van der Waals surface area (Å²) in [5.41, 5.74) is 2.62. The number of morpholine rings is 1. The zero-order valence-electron chi connectivity index (χ0n) is 19.3. The lowest BCUT2D eigenvalue weighted by Crippen LogP contribution is -2.40. The van der Waals surface area contributed by atoms with Crippen LogP contribution in [0.25, 0.3) is 0 Å². The first-order chi connectivity index (χ1) is 15.2. The van der Waals surface area contributed by atoms with Gasteiger partial charge in [0.25, 0.3) is 0 Å². The number of rotatable bonds is 10. The Balaban J connectivity index is 1.57. The van der Waals surface area contributed by atoms with E-state index in [1.807, 2.05) is 0 Å². The molecule has 0 bridgehead atoms. The molecule has 2 heterocycles. The quantitative estimate of drug-likeness (QED) is 0.355. The Morgan fingerprint density at radius 1 is 1.23 bits per heavy atom. The summed E-state index contributed by atoms with van der Waals surface area (Å²) in [7, 11) is 2.11. The van der Waals surface area contributed by atoms with Crippen molar-refractivity contribution in [3.05, 3.63) is 47.5 Å². The average Bonchev–Trinajstić information content (AvgIpc) is 3.25. The Morgan fingerprint density at radius 3 is 2.81 bits per heavy atom. The van der Waals surface area contributed by atoms with Gasteiger partial charge in [0.2, 0.25) is 0 Å². The summed E-state index contributed by atoms with van der Waals surface area (Å²) < 4.78 is 7.54. The maximum atomic E-state index is 5.44. The standard InChI is InChI=1S/C23H37N7O/c1-4-22-27-26-19-30(22)13-11-25-23(24-10-7-12-29-14-16-31-17-15-29)28(3)18-21-9-6-5-8-20(21)2/h5-6,8-9,19H,4,7,10-18H2,1-3H3,(H,24,25). The molecule has 0 radical (unpaired) electrons. The van der Waals surface area contributed by atoms with Crippen LogP contribution >= 0.6 is 0 Å². The van der Waals surface area contributed by atoms with Gasteiger partial charge in [-0.1, -0.05) is 31.2 Å². The summed E-state index contributed by atoms with van der Waals surface area (Å²) in [6.07, 6.45) is 3.74. The Labute approximate surface area is 186 Å². The van der Waals surface area contributed by atoms with Gasteiger partial charge >= 0.3 is 0 Å². The molecule has 0 spiro atoms. The summed E-state index contributed by atoms with van der Waals surface area (Å²) in [4.78, 5) is 9.60. The molecule has 170 valence electrons. The molecular weight excluding hydrogens is 390 g/mol. The number of ether oxygens (including phenoxy) is 1. The van der Waals surface area contributed by atoms with Gasteiger partial charge < -0.3 is 19.5 Å². The molecule has 0 aliphatic carbocycles.